The third kappa shape index (κ3) is 5.52. The first kappa shape index (κ1) is 23.2. The lowest BCUT2D eigenvalue weighted by atomic mass is 10.0. The zero-order valence-corrected chi connectivity index (χ0v) is 19.8. The van der Waals surface area contributed by atoms with E-state index in [1.54, 1.807) is 6.07 Å². The first-order valence-electron chi connectivity index (χ1n) is 11.8. The molecule has 1 aromatic heterocycles. The summed E-state index contributed by atoms with van der Waals surface area (Å²) < 4.78 is 5.40. The van der Waals surface area contributed by atoms with Gasteiger partial charge in [-0.25, -0.2) is 4.79 Å². The lowest BCUT2D eigenvalue weighted by Gasteiger charge is -2.35. The van der Waals surface area contributed by atoms with Crippen LogP contribution in [0, 0.1) is 6.92 Å². The number of anilines is 1. The molecule has 3 aromatic rings. The fraction of sp³-hybridized carbons (Fsp3) is 0.407. The minimum absolute atomic E-state index is 0.135. The number of piperazine rings is 1. The number of amides is 1. The summed E-state index contributed by atoms with van der Waals surface area (Å²) in [5.74, 6) is 0.135. The Morgan fingerprint density at radius 3 is 2.45 bits per heavy atom. The van der Waals surface area contributed by atoms with Crippen LogP contribution in [0.3, 0.4) is 0 Å². The van der Waals surface area contributed by atoms with Crippen LogP contribution in [0.2, 0.25) is 0 Å². The maximum atomic E-state index is 13.0. The third-order valence-corrected chi connectivity index (χ3v) is 6.45. The molecule has 0 radical (unpaired) electrons. The van der Waals surface area contributed by atoms with E-state index in [0.717, 1.165) is 54.8 Å². The van der Waals surface area contributed by atoms with Gasteiger partial charge in [0.05, 0.1) is 6.54 Å². The van der Waals surface area contributed by atoms with Crippen LogP contribution in [-0.4, -0.2) is 55.0 Å². The zero-order valence-electron chi connectivity index (χ0n) is 19.8. The number of aryl methyl sites for hydroxylation is 2. The van der Waals surface area contributed by atoms with Gasteiger partial charge in [0.2, 0.25) is 5.91 Å². The van der Waals surface area contributed by atoms with Crippen molar-refractivity contribution in [3.63, 3.8) is 0 Å². The molecule has 0 unspecified atom stereocenters. The van der Waals surface area contributed by atoms with E-state index in [2.05, 4.69) is 28.9 Å². The van der Waals surface area contributed by atoms with Crippen molar-refractivity contribution in [2.45, 2.75) is 33.7 Å². The molecule has 0 bridgehead atoms. The fourth-order valence-corrected chi connectivity index (χ4v) is 4.55. The lowest BCUT2D eigenvalue weighted by Crippen LogP contribution is -2.49. The van der Waals surface area contributed by atoms with Gasteiger partial charge in [0, 0.05) is 56.4 Å². The van der Waals surface area contributed by atoms with E-state index in [1.807, 2.05) is 49.1 Å². The maximum Gasteiger partial charge on any atom is 0.336 e. The van der Waals surface area contributed by atoms with Crippen molar-refractivity contribution in [1.82, 2.24) is 9.80 Å². The Bertz CT molecular complexity index is 1180. The predicted octanol–water partition coefficient (Wildman–Crippen LogP) is 3.83. The molecular formula is C27H33N3O3. The van der Waals surface area contributed by atoms with Crippen LogP contribution in [0.4, 0.5) is 5.69 Å². The second-order valence-electron chi connectivity index (χ2n) is 8.80. The van der Waals surface area contributed by atoms with Gasteiger partial charge in [-0.15, -0.1) is 0 Å². The number of benzene rings is 2. The van der Waals surface area contributed by atoms with Crippen molar-refractivity contribution >= 4 is 22.6 Å². The minimum atomic E-state index is -0.304. The number of fused-ring (bicyclic) bond motifs is 1. The van der Waals surface area contributed by atoms with Crippen LogP contribution in [0.5, 0.6) is 0 Å². The van der Waals surface area contributed by atoms with E-state index in [9.17, 15) is 9.59 Å². The summed E-state index contributed by atoms with van der Waals surface area (Å²) in [7, 11) is 0. The van der Waals surface area contributed by atoms with E-state index in [-0.39, 0.29) is 11.5 Å². The van der Waals surface area contributed by atoms with Crippen LogP contribution in [-0.2, 0) is 17.8 Å². The molecule has 0 aliphatic carbocycles. The number of rotatable bonds is 7. The van der Waals surface area contributed by atoms with Gasteiger partial charge >= 0.3 is 5.63 Å². The minimum Gasteiger partial charge on any atom is -0.423 e. The zero-order chi connectivity index (χ0) is 23.4. The topological polar surface area (TPSA) is 57.0 Å². The second kappa shape index (κ2) is 10.3. The molecule has 0 spiro atoms. The average molecular weight is 448 g/mol. The lowest BCUT2D eigenvalue weighted by molar-refractivity contribution is -0.120. The summed E-state index contributed by atoms with van der Waals surface area (Å²) in [6.45, 7) is 11.4. The molecule has 0 N–H and O–H groups in total. The van der Waals surface area contributed by atoms with Crippen molar-refractivity contribution in [2.24, 2.45) is 0 Å². The number of likely N-dealkylation sites (N-methyl/N-ethyl adjacent to an activating group) is 1. The van der Waals surface area contributed by atoms with E-state index < -0.39 is 0 Å². The van der Waals surface area contributed by atoms with Crippen LogP contribution in [0.25, 0.3) is 11.0 Å². The van der Waals surface area contributed by atoms with Crippen LogP contribution >= 0.6 is 0 Å². The van der Waals surface area contributed by atoms with Gasteiger partial charge in [-0.05, 0) is 61.2 Å². The van der Waals surface area contributed by atoms with Gasteiger partial charge in [0.1, 0.15) is 5.58 Å². The Kier molecular flexibility index (Phi) is 7.26. The molecule has 6 heteroatoms. The predicted molar refractivity (Wildman–Crippen MR) is 133 cm³/mol. The van der Waals surface area contributed by atoms with E-state index in [1.165, 1.54) is 5.56 Å². The van der Waals surface area contributed by atoms with Crippen LogP contribution < -0.4 is 10.5 Å². The maximum absolute atomic E-state index is 13.0. The normalized spacial score (nSPS) is 15.1. The van der Waals surface area contributed by atoms with Gasteiger partial charge in [0.25, 0.3) is 0 Å². The molecule has 33 heavy (non-hydrogen) atoms. The van der Waals surface area contributed by atoms with E-state index >= 15 is 0 Å². The Hall–Kier alpha value is -2.96. The van der Waals surface area contributed by atoms with Gasteiger partial charge in [-0.1, -0.05) is 25.1 Å². The number of hydrogen-bond donors (Lipinski definition) is 0. The Morgan fingerprint density at radius 2 is 1.76 bits per heavy atom. The molecule has 2 heterocycles. The Morgan fingerprint density at radius 1 is 1.00 bits per heavy atom. The van der Waals surface area contributed by atoms with Crippen molar-refractivity contribution < 1.29 is 9.21 Å². The van der Waals surface area contributed by atoms with E-state index in [4.69, 9.17) is 4.42 Å². The summed E-state index contributed by atoms with van der Waals surface area (Å²) in [5.41, 5.74) is 4.70. The molecule has 0 atom stereocenters. The highest BCUT2D eigenvalue weighted by Gasteiger charge is 2.23. The second-order valence-corrected chi connectivity index (χ2v) is 8.80. The van der Waals surface area contributed by atoms with Crippen molar-refractivity contribution in [3.8, 4) is 0 Å². The number of carbonyl (C=O) groups excluding carboxylic acids is 1. The summed E-state index contributed by atoms with van der Waals surface area (Å²) in [6, 6.07) is 15.8. The Labute approximate surface area is 195 Å². The quantitative estimate of drug-likeness (QED) is 0.515. The van der Waals surface area contributed by atoms with Gasteiger partial charge < -0.3 is 9.32 Å². The molecular weight excluding hydrogens is 414 g/mol. The molecule has 2 aromatic carbocycles. The molecule has 1 saturated heterocycles. The summed E-state index contributed by atoms with van der Waals surface area (Å²) in [4.78, 5) is 31.5. The molecule has 0 saturated carbocycles. The molecule has 174 valence electrons. The molecule has 1 aliphatic rings. The number of nitrogens with zero attached hydrogens (tertiary/aromatic N) is 3. The smallest absolute Gasteiger partial charge is 0.336 e. The SMILES string of the molecule is CCc1ccc2oc(=O)cc(CN3CCN(CC(=O)N(CC)c4cccc(C)c4)CC3)c2c1. The average Bonchev–Trinajstić information content (AvgIpc) is 2.80. The van der Waals surface area contributed by atoms with Crippen LogP contribution in [0.15, 0.2) is 57.7 Å². The number of carbonyl (C=O) groups is 1. The third-order valence-electron chi connectivity index (χ3n) is 6.45. The molecule has 6 nitrogen and oxygen atoms in total. The van der Waals surface area contributed by atoms with Gasteiger partial charge in [0.15, 0.2) is 0 Å². The largest absolute Gasteiger partial charge is 0.423 e. The standard InChI is InChI=1S/C27H33N3O3/c1-4-21-9-10-25-24(16-21)22(17-27(32)33-25)18-28-11-13-29(14-12-28)19-26(31)30(5-2)23-8-6-7-20(3)15-23/h6-10,15-17H,4-5,11-14,18-19H2,1-3H3. The highest BCUT2D eigenvalue weighted by Crippen LogP contribution is 2.22. The summed E-state index contributed by atoms with van der Waals surface area (Å²) in [5, 5.41) is 1.02. The Balaban J connectivity index is 1.38. The first-order valence-corrected chi connectivity index (χ1v) is 11.8. The van der Waals surface area contributed by atoms with Gasteiger partial charge in [-0.2, -0.15) is 0 Å². The first-order chi connectivity index (χ1) is 16.0. The van der Waals surface area contributed by atoms with Gasteiger partial charge in [-0.3, -0.25) is 14.6 Å². The highest BCUT2D eigenvalue weighted by molar-refractivity contribution is 5.94. The molecule has 1 fully saturated rings. The summed E-state index contributed by atoms with van der Waals surface area (Å²) in [6.07, 6.45) is 0.943. The molecule has 1 aliphatic heterocycles. The fourth-order valence-electron chi connectivity index (χ4n) is 4.55. The summed E-state index contributed by atoms with van der Waals surface area (Å²) >= 11 is 0. The van der Waals surface area contributed by atoms with Crippen molar-refractivity contribution in [1.29, 1.82) is 0 Å². The van der Waals surface area contributed by atoms with Crippen molar-refractivity contribution in [3.05, 3.63) is 75.6 Å². The van der Waals surface area contributed by atoms with E-state index in [0.29, 0.717) is 25.2 Å². The molecule has 4 rings (SSSR count). The number of hydrogen-bond acceptors (Lipinski definition) is 5. The highest BCUT2D eigenvalue weighted by atomic mass is 16.4. The molecule has 1 amide bonds. The van der Waals surface area contributed by atoms with Crippen LogP contribution in [0.1, 0.15) is 30.5 Å². The van der Waals surface area contributed by atoms with Crippen molar-refractivity contribution in [2.75, 3.05) is 44.2 Å². The monoisotopic (exact) mass is 447 g/mol.